The number of carbonyl (C=O) groups is 3. The Labute approximate surface area is 133 Å². The SMILES string of the molecule is C[C@@H](OC(=O)C1(c2ccc(F)cc2)CCCC1)C(=O)NC(N)=O. The van der Waals surface area contributed by atoms with Crippen molar-refractivity contribution in [1.29, 1.82) is 0 Å². The van der Waals surface area contributed by atoms with E-state index in [1.807, 2.05) is 5.32 Å². The molecule has 2 rings (SSSR count). The number of carbonyl (C=O) groups excluding carboxylic acids is 3. The second-order valence-electron chi connectivity index (χ2n) is 5.70. The first kappa shape index (κ1) is 16.9. The van der Waals surface area contributed by atoms with Crippen LogP contribution >= 0.6 is 0 Å². The van der Waals surface area contributed by atoms with E-state index < -0.39 is 29.4 Å². The number of urea groups is 1. The monoisotopic (exact) mass is 322 g/mol. The van der Waals surface area contributed by atoms with Gasteiger partial charge in [0.05, 0.1) is 5.41 Å². The standard InChI is InChI=1S/C16H19FN2O4/c1-10(13(20)19-15(18)22)23-14(21)16(8-2-3-9-16)11-4-6-12(17)7-5-11/h4-7,10H,2-3,8-9H2,1H3,(H3,18,19,20,22)/t10-/m1/s1. The number of primary amides is 1. The van der Waals surface area contributed by atoms with Crippen LogP contribution in [0.5, 0.6) is 0 Å². The fourth-order valence-electron chi connectivity index (χ4n) is 2.91. The van der Waals surface area contributed by atoms with Crippen LogP contribution in [0.3, 0.4) is 0 Å². The van der Waals surface area contributed by atoms with E-state index in [9.17, 15) is 18.8 Å². The molecule has 1 atom stereocenters. The second-order valence-corrected chi connectivity index (χ2v) is 5.70. The quantitative estimate of drug-likeness (QED) is 0.825. The number of esters is 1. The molecule has 124 valence electrons. The maximum Gasteiger partial charge on any atom is 0.318 e. The fraction of sp³-hybridized carbons (Fsp3) is 0.438. The zero-order chi connectivity index (χ0) is 17.0. The van der Waals surface area contributed by atoms with E-state index in [0.717, 1.165) is 12.8 Å². The lowest BCUT2D eigenvalue weighted by molar-refractivity contribution is -0.160. The Bertz CT molecular complexity index is 609. The Hall–Kier alpha value is -2.44. The van der Waals surface area contributed by atoms with E-state index in [1.165, 1.54) is 19.1 Å². The Balaban J connectivity index is 2.17. The molecule has 0 aliphatic heterocycles. The summed E-state index contributed by atoms with van der Waals surface area (Å²) in [4.78, 5) is 35.0. The first-order chi connectivity index (χ1) is 10.8. The highest BCUT2D eigenvalue weighted by molar-refractivity contribution is 5.97. The number of hydrogen-bond donors (Lipinski definition) is 2. The van der Waals surface area contributed by atoms with Gasteiger partial charge in [0, 0.05) is 0 Å². The van der Waals surface area contributed by atoms with E-state index in [4.69, 9.17) is 10.5 Å². The fourth-order valence-corrected chi connectivity index (χ4v) is 2.91. The van der Waals surface area contributed by atoms with Gasteiger partial charge in [0.2, 0.25) is 0 Å². The third kappa shape index (κ3) is 3.67. The highest BCUT2D eigenvalue weighted by Gasteiger charge is 2.45. The predicted molar refractivity (Wildman–Crippen MR) is 79.8 cm³/mol. The predicted octanol–water partition coefficient (Wildman–Crippen LogP) is 1.76. The van der Waals surface area contributed by atoms with Gasteiger partial charge in [-0.1, -0.05) is 25.0 Å². The summed E-state index contributed by atoms with van der Waals surface area (Å²) in [6.07, 6.45) is 1.68. The summed E-state index contributed by atoms with van der Waals surface area (Å²) in [5, 5.41) is 1.87. The number of benzene rings is 1. The Morgan fingerprint density at radius 3 is 2.30 bits per heavy atom. The summed E-state index contributed by atoms with van der Waals surface area (Å²) >= 11 is 0. The first-order valence-electron chi connectivity index (χ1n) is 7.42. The summed E-state index contributed by atoms with van der Waals surface area (Å²) < 4.78 is 18.4. The maximum absolute atomic E-state index is 13.1. The highest BCUT2D eigenvalue weighted by Crippen LogP contribution is 2.42. The van der Waals surface area contributed by atoms with Crippen molar-refractivity contribution < 1.29 is 23.5 Å². The van der Waals surface area contributed by atoms with Crippen molar-refractivity contribution in [3.8, 4) is 0 Å². The molecule has 0 aromatic heterocycles. The molecular weight excluding hydrogens is 303 g/mol. The van der Waals surface area contributed by atoms with Crippen LogP contribution in [-0.4, -0.2) is 24.0 Å². The molecule has 0 heterocycles. The van der Waals surface area contributed by atoms with E-state index >= 15 is 0 Å². The summed E-state index contributed by atoms with van der Waals surface area (Å²) in [7, 11) is 0. The molecule has 0 bridgehead atoms. The van der Waals surface area contributed by atoms with Crippen LogP contribution in [0.4, 0.5) is 9.18 Å². The van der Waals surface area contributed by atoms with E-state index in [-0.39, 0.29) is 5.82 Å². The van der Waals surface area contributed by atoms with Crippen molar-refractivity contribution in [2.24, 2.45) is 5.73 Å². The first-order valence-corrected chi connectivity index (χ1v) is 7.42. The molecule has 1 aliphatic carbocycles. The molecule has 0 spiro atoms. The van der Waals surface area contributed by atoms with Crippen LogP contribution in [-0.2, 0) is 19.7 Å². The third-order valence-electron chi connectivity index (χ3n) is 4.14. The number of halogens is 1. The summed E-state index contributed by atoms with van der Waals surface area (Å²) in [5.41, 5.74) is 4.66. The summed E-state index contributed by atoms with van der Waals surface area (Å²) in [6, 6.07) is 4.72. The van der Waals surface area contributed by atoms with Gasteiger partial charge < -0.3 is 10.5 Å². The molecule has 0 unspecified atom stereocenters. The zero-order valence-electron chi connectivity index (χ0n) is 12.8. The number of nitrogens with two attached hydrogens (primary N) is 1. The lowest BCUT2D eigenvalue weighted by Crippen LogP contribution is -2.45. The van der Waals surface area contributed by atoms with Gasteiger partial charge in [-0.2, -0.15) is 0 Å². The molecule has 1 saturated carbocycles. The van der Waals surface area contributed by atoms with E-state index in [2.05, 4.69) is 0 Å². The Morgan fingerprint density at radius 1 is 1.22 bits per heavy atom. The largest absolute Gasteiger partial charge is 0.452 e. The van der Waals surface area contributed by atoms with Crippen molar-refractivity contribution >= 4 is 17.9 Å². The highest BCUT2D eigenvalue weighted by atomic mass is 19.1. The van der Waals surface area contributed by atoms with Gasteiger partial charge in [0.15, 0.2) is 6.10 Å². The molecule has 1 aromatic rings. The average molecular weight is 322 g/mol. The number of imide groups is 1. The van der Waals surface area contributed by atoms with Crippen LogP contribution in [0.2, 0.25) is 0 Å². The number of amides is 3. The lowest BCUT2D eigenvalue weighted by atomic mass is 9.79. The van der Waals surface area contributed by atoms with Gasteiger partial charge in [-0.15, -0.1) is 0 Å². The Morgan fingerprint density at radius 2 is 1.78 bits per heavy atom. The van der Waals surface area contributed by atoms with E-state index in [1.54, 1.807) is 12.1 Å². The average Bonchev–Trinajstić information content (AvgIpc) is 2.98. The molecule has 3 N–H and O–H groups in total. The molecule has 23 heavy (non-hydrogen) atoms. The molecule has 1 aliphatic rings. The van der Waals surface area contributed by atoms with Gasteiger partial charge in [-0.05, 0) is 37.5 Å². The number of ether oxygens (including phenoxy) is 1. The molecule has 1 aromatic carbocycles. The van der Waals surface area contributed by atoms with Gasteiger partial charge in [0.1, 0.15) is 5.82 Å². The normalized spacial score (nSPS) is 17.3. The summed E-state index contributed by atoms with van der Waals surface area (Å²) in [6.45, 7) is 1.36. The number of nitrogens with one attached hydrogen (secondary N) is 1. The molecule has 0 saturated heterocycles. The minimum Gasteiger partial charge on any atom is -0.452 e. The zero-order valence-corrected chi connectivity index (χ0v) is 12.8. The third-order valence-corrected chi connectivity index (χ3v) is 4.14. The summed E-state index contributed by atoms with van der Waals surface area (Å²) in [5.74, 6) is -1.71. The lowest BCUT2D eigenvalue weighted by Gasteiger charge is -2.28. The molecule has 7 heteroatoms. The van der Waals surface area contributed by atoms with Crippen molar-refractivity contribution in [2.75, 3.05) is 0 Å². The van der Waals surface area contributed by atoms with E-state index in [0.29, 0.717) is 18.4 Å². The second kappa shape index (κ2) is 6.76. The minimum absolute atomic E-state index is 0.385. The Kier molecular flexibility index (Phi) is 4.98. The van der Waals surface area contributed by atoms with Gasteiger partial charge in [0.25, 0.3) is 5.91 Å². The molecule has 1 fully saturated rings. The smallest absolute Gasteiger partial charge is 0.318 e. The van der Waals surface area contributed by atoms with Crippen LogP contribution in [0.25, 0.3) is 0 Å². The molecule has 3 amide bonds. The maximum atomic E-state index is 13.1. The van der Waals surface area contributed by atoms with Crippen molar-refractivity contribution in [3.05, 3.63) is 35.6 Å². The van der Waals surface area contributed by atoms with Gasteiger partial charge in [-0.3, -0.25) is 14.9 Å². The van der Waals surface area contributed by atoms with Crippen molar-refractivity contribution in [1.82, 2.24) is 5.32 Å². The van der Waals surface area contributed by atoms with Crippen LogP contribution in [0.15, 0.2) is 24.3 Å². The molecule has 0 radical (unpaired) electrons. The van der Waals surface area contributed by atoms with Crippen molar-refractivity contribution in [2.45, 2.75) is 44.1 Å². The number of rotatable bonds is 4. The molecule has 6 nitrogen and oxygen atoms in total. The van der Waals surface area contributed by atoms with Crippen molar-refractivity contribution in [3.63, 3.8) is 0 Å². The van der Waals surface area contributed by atoms with Crippen LogP contribution < -0.4 is 11.1 Å². The van der Waals surface area contributed by atoms with Gasteiger partial charge in [-0.25, -0.2) is 9.18 Å². The molecular formula is C16H19FN2O4. The van der Waals surface area contributed by atoms with Gasteiger partial charge >= 0.3 is 12.0 Å². The van der Waals surface area contributed by atoms with Crippen LogP contribution in [0.1, 0.15) is 38.2 Å². The topological polar surface area (TPSA) is 98.5 Å². The van der Waals surface area contributed by atoms with Crippen LogP contribution in [0, 0.1) is 5.82 Å². The minimum atomic E-state index is -1.15. The number of hydrogen-bond acceptors (Lipinski definition) is 4.